The van der Waals surface area contributed by atoms with Crippen LogP contribution in [0.1, 0.15) is 52.9 Å². The molecule has 0 saturated heterocycles. The number of amides is 2. The normalized spacial score (nSPS) is 18.6. The van der Waals surface area contributed by atoms with Crippen molar-refractivity contribution in [2.75, 3.05) is 7.05 Å². The molecule has 0 aromatic rings. The van der Waals surface area contributed by atoms with E-state index in [4.69, 9.17) is 5.21 Å². The highest BCUT2D eigenvalue weighted by Gasteiger charge is 2.32. The summed E-state index contributed by atoms with van der Waals surface area (Å²) in [7, 11) is 1.73. The molecular formula is C13H25N3O2. The van der Waals surface area contributed by atoms with Gasteiger partial charge in [0.2, 0.25) is 0 Å². The van der Waals surface area contributed by atoms with Crippen LogP contribution >= 0.6 is 0 Å². The van der Waals surface area contributed by atoms with Gasteiger partial charge in [0.1, 0.15) is 0 Å². The van der Waals surface area contributed by atoms with E-state index in [0.29, 0.717) is 5.71 Å². The van der Waals surface area contributed by atoms with Gasteiger partial charge in [0.15, 0.2) is 0 Å². The highest BCUT2D eigenvalue weighted by molar-refractivity contribution is 5.93. The first-order valence-electron chi connectivity index (χ1n) is 6.63. The number of oxime groups is 1. The second-order valence-corrected chi connectivity index (χ2v) is 5.59. The molecule has 5 nitrogen and oxygen atoms in total. The lowest BCUT2D eigenvalue weighted by atomic mass is 9.95. The minimum Gasteiger partial charge on any atom is -0.411 e. The fourth-order valence-electron chi connectivity index (χ4n) is 2.14. The first-order valence-corrected chi connectivity index (χ1v) is 6.63. The first-order chi connectivity index (χ1) is 8.39. The van der Waals surface area contributed by atoms with Gasteiger partial charge in [-0.15, -0.1) is 0 Å². The lowest BCUT2D eigenvalue weighted by Gasteiger charge is -2.36. The van der Waals surface area contributed by atoms with Crippen molar-refractivity contribution < 1.29 is 10.0 Å². The third-order valence-electron chi connectivity index (χ3n) is 4.11. The molecule has 0 heterocycles. The predicted octanol–water partition coefficient (Wildman–Crippen LogP) is 2.59. The smallest absolute Gasteiger partial charge is 0.318 e. The van der Waals surface area contributed by atoms with Gasteiger partial charge in [-0.25, -0.2) is 4.79 Å². The molecule has 0 spiro atoms. The summed E-state index contributed by atoms with van der Waals surface area (Å²) < 4.78 is 0. The third-order valence-corrected chi connectivity index (χ3v) is 4.11. The van der Waals surface area contributed by atoms with Crippen LogP contribution in [0.25, 0.3) is 0 Å². The summed E-state index contributed by atoms with van der Waals surface area (Å²) in [4.78, 5) is 13.8. The molecule has 0 unspecified atom stereocenters. The summed E-state index contributed by atoms with van der Waals surface area (Å²) in [5, 5.41) is 15.1. The Balaban J connectivity index is 2.60. The first kappa shape index (κ1) is 14.8. The van der Waals surface area contributed by atoms with Gasteiger partial charge in [-0.05, 0) is 33.6 Å². The van der Waals surface area contributed by atoms with Crippen LogP contribution in [0.15, 0.2) is 5.16 Å². The Kier molecular flexibility index (Phi) is 4.99. The van der Waals surface area contributed by atoms with Gasteiger partial charge in [-0.3, -0.25) is 0 Å². The predicted molar refractivity (Wildman–Crippen MR) is 72.1 cm³/mol. The van der Waals surface area contributed by atoms with E-state index in [2.05, 4.69) is 10.5 Å². The van der Waals surface area contributed by atoms with Crippen molar-refractivity contribution in [1.82, 2.24) is 10.2 Å². The summed E-state index contributed by atoms with van der Waals surface area (Å²) in [5.41, 5.74) is -0.0724. The molecule has 1 aliphatic carbocycles. The maximum absolute atomic E-state index is 12.2. The van der Waals surface area contributed by atoms with Crippen molar-refractivity contribution in [3.05, 3.63) is 0 Å². The van der Waals surface area contributed by atoms with Crippen molar-refractivity contribution in [2.24, 2.45) is 5.16 Å². The average Bonchev–Trinajstić information content (AvgIpc) is 2.37. The molecule has 0 aromatic carbocycles. The second-order valence-electron chi connectivity index (χ2n) is 5.59. The van der Waals surface area contributed by atoms with Crippen molar-refractivity contribution in [3.8, 4) is 0 Å². The molecule has 18 heavy (non-hydrogen) atoms. The molecule has 1 saturated carbocycles. The quantitative estimate of drug-likeness (QED) is 0.462. The van der Waals surface area contributed by atoms with Crippen molar-refractivity contribution in [2.45, 2.75) is 64.5 Å². The van der Waals surface area contributed by atoms with E-state index in [9.17, 15) is 4.79 Å². The van der Waals surface area contributed by atoms with Crippen LogP contribution in [-0.4, -0.2) is 40.5 Å². The molecule has 0 aliphatic heterocycles. The molecule has 1 rings (SSSR count). The van der Waals surface area contributed by atoms with Gasteiger partial charge in [0, 0.05) is 13.1 Å². The van der Waals surface area contributed by atoms with Crippen LogP contribution in [-0.2, 0) is 0 Å². The van der Waals surface area contributed by atoms with Crippen LogP contribution in [0.4, 0.5) is 4.79 Å². The Morgan fingerprint density at radius 2 is 1.89 bits per heavy atom. The van der Waals surface area contributed by atoms with E-state index in [1.165, 1.54) is 19.3 Å². The number of nitrogens with one attached hydrogen (secondary N) is 1. The fourth-order valence-corrected chi connectivity index (χ4v) is 2.14. The van der Waals surface area contributed by atoms with Gasteiger partial charge in [0.25, 0.3) is 0 Å². The maximum atomic E-state index is 12.2. The Labute approximate surface area is 109 Å². The molecule has 2 amide bonds. The summed E-state index contributed by atoms with van der Waals surface area (Å²) >= 11 is 0. The van der Waals surface area contributed by atoms with Gasteiger partial charge >= 0.3 is 6.03 Å². The number of urea groups is 1. The van der Waals surface area contributed by atoms with E-state index < -0.39 is 5.54 Å². The molecule has 1 fully saturated rings. The number of carbonyl (C=O) groups is 1. The van der Waals surface area contributed by atoms with Gasteiger partial charge in [0.05, 0.1) is 11.3 Å². The summed E-state index contributed by atoms with van der Waals surface area (Å²) in [6.45, 7) is 5.44. The topological polar surface area (TPSA) is 64.9 Å². The Morgan fingerprint density at radius 3 is 2.39 bits per heavy atom. The third kappa shape index (κ3) is 3.37. The Bertz CT molecular complexity index is 320. The van der Waals surface area contributed by atoms with Crippen molar-refractivity contribution in [1.29, 1.82) is 0 Å². The number of rotatable bonds is 3. The van der Waals surface area contributed by atoms with Crippen LogP contribution in [0.3, 0.4) is 0 Å². The molecule has 0 atom stereocenters. The molecule has 104 valence electrons. The zero-order valence-electron chi connectivity index (χ0n) is 11.9. The Morgan fingerprint density at radius 1 is 1.33 bits per heavy atom. The number of hydrogen-bond acceptors (Lipinski definition) is 3. The molecule has 0 radical (unpaired) electrons. The lowest BCUT2D eigenvalue weighted by Crippen LogP contribution is -2.55. The van der Waals surface area contributed by atoms with Gasteiger partial charge < -0.3 is 15.4 Å². The molecular weight excluding hydrogens is 230 g/mol. The monoisotopic (exact) mass is 255 g/mol. The molecule has 1 aliphatic rings. The highest BCUT2D eigenvalue weighted by Crippen LogP contribution is 2.19. The van der Waals surface area contributed by atoms with Gasteiger partial charge in [-0.2, -0.15) is 0 Å². The highest BCUT2D eigenvalue weighted by atomic mass is 16.4. The van der Waals surface area contributed by atoms with E-state index in [1.807, 2.05) is 13.8 Å². The zero-order valence-corrected chi connectivity index (χ0v) is 11.9. The van der Waals surface area contributed by atoms with Crippen LogP contribution in [0.2, 0.25) is 0 Å². The van der Waals surface area contributed by atoms with E-state index in [0.717, 1.165) is 12.8 Å². The summed E-state index contributed by atoms with van der Waals surface area (Å²) in [6, 6.07) is 0.186. The summed E-state index contributed by atoms with van der Waals surface area (Å²) in [6.07, 6.45) is 5.77. The largest absolute Gasteiger partial charge is 0.411 e. The standard InChI is InChI=1S/C13H25N3O2/c1-10(15-18)13(2,3)16(4)12(17)14-11-8-6-5-7-9-11/h11,18H,5-9H2,1-4H3,(H,14,17)/b15-10+. The second kappa shape index (κ2) is 6.07. The lowest BCUT2D eigenvalue weighted by molar-refractivity contribution is 0.174. The SMILES string of the molecule is C/C(=N\O)C(C)(C)N(C)C(=O)NC1CCCCC1. The van der Waals surface area contributed by atoms with Crippen LogP contribution in [0, 0.1) is 0 Å². The number of carbonyl (C=O) groups excluding carboxylic acids is 1. The van der Waals surface area contributed by atoms with Crippen molar-refractivity contribution >= 4 is 11.7 Å². The van der Waals surface area contributed by atoms with Crippen molar-refractivity contribution in [3.63, 3.8) is 0 Å². The average molecular weight is 255 g/mol. The van der Waals surface area contributed by atoms with Gasteiger partial charge in [-0.1, -0.05) is 24.4 Å². The Hall–Kier alpha value is -1.26. The van der Waals surface area contributed by atoms with E-state index >= 15 is 0 Å². The minimum atomic E-state index is -0.590. The van der Waals surface area contributed by atoms with Crippen LogP contribution < -0.4 is 5.32 Å². The maximum Gasteiger partial charge on any atom is 0.318 e. The molecule has 5 heteroatoms. The van der Waals surface area contributed by atoms with Crippen LogP contribution in [0.5, 0.6) is 0 Å². The number of nitrogens with zero attached hydrogens (tertiary/aromatic N) is 2. The fraction of sp³-hybridized carbons (Fsp3) is 0.846. The summed E-state index contributed by atoms with van der Waals surface area (Å²) in [5.74, 6) is 0. The molecule has 0 bridgehead atoms. The van der Waals surface area contributed by atoms with E-state index in [-0.39, 0.29) is 12.1 Å². The zero-order chi connectivity index (χ0) is 13.8. The number of hydrogen-bond donors (Lipinski definition) is 2. The van der Waals surface area contributed by atoms with E-state index in [1.54, 1.807) is 18.9 Å². The molecule has 0 aromatic heterocycles. The molecule has 2 N–H and O–H groups in total. The minimum absolute atomic E-state index is 0.102.